The lowest BCUT2D eigenvalue weighted by Crippen LogP contribution is -2.34. The van der Waals surface area contributed by atoms with Crippen LogP contribution in [-0.2, 0) is 6.61 Å². The lowest BCUT2D eigenvalue weighted by molar-refractivity contribution is 0.282. The van der Waals surface area contributed by atoms with Gasteiger partial charge in [0.1, 0.15) is 0 Å². The molecule has 82 valence electrons. The number of piperidine rings is 1. The van der Waals surface area contributed by atoms with E-state index in [-0.39, 0.29) is 6.61 Å². The molecule has 1 aliphatic rings. The Hall–Kier alpha value is -1.02. The van der Waals surface area contributed by atoms with Crippen molar-refractivity contribution in [2.75, 3.05) is 18.0 Å². The van der Waals surface area contributed by atoms with E-state index < -0.39 is 0 Å². The fourth-order valence-corrected chi connectivity index (χ4v) is 2.28. The average molecular weight is 205 g/mol. The minimum Gasteiger partial charge on any atom is -0.392 e. The van der Waals surface area contributed by atoms with Crippen LogP contribution in [0.25, 0.3) is 0 Å². The van der Waals surface area contributed by atoms with Gasteiger partial charge in [0.2, 0.25) is 0 Å². The van der Waals surface area contributed by atoms with Crippen LogP contribution in [0.15, 0.2) is 24.3 Å². The molecule has 0 radical (unpaired) electrons. The predicted molar refractivity (Wildman–Crippen MR) is 63.0 cm³/mol. The topological polar surface area (TPSA) is 23.5 Å². The van der Waals surface area contributed by atoms with Crippen LogP contribution >= 0.6 is 0 Å². The molecule has 1 fully saturated rings. The number of anilines is 1. The van der Waals surface area contributed by atoms with Crippen molar-refractivity contribution in [2.45, 2.75) is 26.4 Å². The van der Waals surface area contributed by atoms with Crippen molar-refractivity contribution >= 4 is 5.69 Å². The average Bonchev–Trinajstić information content (AvgIpc) is 2.29. The summed E-state index contributed by atoms with van der Waals surface area (Å²) < 4.78 is 0. The number of aliphatic hydroxyl groups excluding tert-OH is 1. The molecular formula is C13H19NO. The number of rotatable bonds is 2. The Kier molecular flexibility index (Phi) is 3.27. The van der Waals surface area contributed by atoms with Crippen LogP contribution in [0.4, 0.5) is 5.69 Å². The third kappa shape index (κ3) is 2.51. The summed E-state index contributed by atoms with van der Waals surface area (Å²) in [5, 5.41) is 9.09. The molecule has 0 aromatic heterocycles. The second kappa shape index (κ2) is 4.67. The molecule has 1 N–H and O–H groups in total. The highest BCUT2D eigenvalue weighted by atomic mass is 16.3. The van der Waals surface area contributed by atoms with Gasteiger partial charge in [0.15, 0.2) is 0 Å². The van der Waals surface area contributed by atoms with E-state index in [9.17, 15) is 0 Å². The summed E-state index contributed by atoms with van der Waals surface area (Å²) in [7, 11) is 0. The lowest BCUT2D eigenvalue weighted by Gasteiger charge is -2.33. The summed E-state index contributed by atoms with van der Waals surface area (Å²) in [6.07, 6.45) is 2.63. The van der Waals surface area contributed by atoms with Gasteiger partial charge in [0, 0.05) is 18.8 Å². The van der Waals surface area contributed by atoms with E-state index in [0.29, 0.717) is 0 Å². The van der Waals surface area contributed by atoms with Crippen molar-refractivity contribution in [3.8, 4) is 0 Å². The molecule has 1 aromatic carbocycles. The fraction of sp³-hybridized carbons (Fsp3) is 0.538. The first-order valence-corrected chi connectivity index (χ1v) is 5.74. The zero-order valence-corrected chi connectivity index (χ0v) is 9.32. The van der Waals surface area contributed by atoms with Crippen LogP contribution in [0.3, 0.4) is 0 Å². The molecule has 2 nitrogen and oxygen atoms in total. The van der Waals surface area contributed by atoms with Crippen LogP contribution in [-0.4, -0.2) is 18.2 Å². The molecule has 1 aliphatic heterocycles. The first-order chi connectivity index (χ1) is 7.29. The highest BCUT2D eigenvalue weighted by Crippen LogP contribution is 2.23. The van der Waals surface area contributed by atoms with Gasteiger partial charge in [-0.1, -0.05) is 19.1 Å². The standard InChI is InChI=1S/C13H19NO/c1-11-4-3-7-14(9-11)13-6-2-5-12(8-13)10-15/h2,5-6,8,11,15H,3-4,7,9-10H2,1H3. The molecule has 2 heteroatoms. The zero-order valence-electron chi connectivity index (χ0n) is 9.32. The molecule has 1 unspecified atom stereocenters. The van der Waals surface area contributed by atoms with Crippen molar-refractivity contribution < 1.29 is 5.11 Å². The number of aliphatic hydroxyl groups is 1. The summed E-state index contributed by atoms with van der Waals surface area (Å²) in [6.45, 7) is 4.74. The monoisotopic (exact) mass is 205 g/mol. The Bertz CT molecular complexity index is 324. The van der Waals surface area contributed by atoms with Gasteiger partial charge < -0.3 is 10.0 Å². The molecule has 1 heterocycles. The van der Waals surface area contributed by atoms with E-state index in [1.54, 1.807) is 0 Å². The van der Waals surface area contributed by atoms with Crippen molar-refractivity contribution in [2.24, 2.45) is 5.92 Å². The van der Waals surface area contributed by atoms with Gasteiger partial charge in [-0.25, -0.2) is 0 Å². The summed E-state index contributed by atoms with van der Waals surface area (Å²) in [4.78, 5) is 2.42. The molecule has 0 aliphatic carbocycles. The van der Waals surface area contributed by atoms with Crippen molar-refractivity contribution in [1.29, 1.82) is 0 Å². The minimum absolute atomic E-state index is 0.136. The van der Waals surface area contributed by atoms with E-state index >= 15 is 0 Å². The SMILES string of the molecule is CC1CCCN(c2cccc(CO)c2)C1. The first-order valence-electron chi connectivity index (χ1n) is 5.74. The van der Waals surface area contributed by atoms with Gasteiger partial charge in [-0.3, -0.25) is 0 Å². The molecule has 0 saturated carbocycles. The van der Waals surface area contributed by atoms with Gasteiger partial charge in [-0.2, -0.15) is 0 Å². The summed E-state index contributed by atoms with van der Waals surface area (Å²) in [5.74, 6) is 0.788. The maximum absolute atomic E-state index is 9.09. The first kappa shape index (κ1) is 10.5. The Morgan fingerprint density at radius 1 is 1.47 bits per heavy atom. The highest BCUT2D eigenvalue weighted by Gasteiger charge is 2.16. The predicted octanol–water partition coefficient (Wildman–Crippen LogP) is 2.42. The minimum atomic E-state index is 0.136. The summed E-state index contributed by atoms with van der Waals surface area (Å²) in [5.41, 5.74) is 2.26. The number of hydrogen-bond acceptors (Lipinski definition) is 2. The Labute approximate surface area is 91.5 Å². The molecular weight excluding hydrogens is 186 g/mol. The van der Waals surface area contributed by atoms with Crippen LogP contribution in [0, 0.1) is 5.92 Å². The Morgan fingerprint density at radius 2 is 2.33 bits per heavy atom. The van der Waals surface area contributed by atoms with E-state index in [2.05, 4.69) is 24.0 Å². The summed E-state index contributed by atoms with van der Waals surface area (Å²) >= 11 is 0. The number of nitrogens with zero attached hydrogens (tertiary/aromatic N) is 1. The Morgan fingerprint density at radius 3 is 3.07 bits per heavy atom. The maximum Gasteiger partial charge on any atom is 0.0682 e. The largest absolute Gasteiger partial charge is 0.392 e. The van der Waals surface area contributed by atoms with Crippen molar-refractivity contribution in [3.63, 3.8) is 0 Å². The third-order valence-corrected chi connectivity index (χ3v) is 3.12. The van der Waals surface area contributed by atoms with Crippen LogP contribution in [0.1, 0.15) is 25.3 Å². The van der Waals surface area contributed by atoms with Crippen molar-refractivity contribution in [3.05, 3.63) is 29.8 Å². The zero-order chi connectivity index (χ0) is 10.7. The molecule has 1 saturated heterocycles. The highest BCUT2D eigenvalue weighted by molar-refractivity contribution is 5.48. The van der Waals surface area contributed by atoms with Gasteiger partial charge in [-0.15, -0.1) is 0 Å². The van der Waals surface area contributed by atoms with Crippen LogP contribution < -0.4 is 4.90 Å². The lowest BCUT2D eigenvalue weighted by atomic mass is 9.99. The number of hydrogen-bond donors (Lipinski definition) is 1. The third-order valence-electron chi connectivity index (χ3n) is 3.12. The molecule has 0 bridgehead atoms. The maximum atomic E-state index is 9.09. The van der Waals surface area contributed by atoms with E-state index in [0.717, 1.165) is 24.6 Å². The van der Waals surface area contributed by atoms with Gasteiger partial charge >= 0.3 is 0 Å². The van der Waals surface area contributed by atoms with Gasteiger partial charge in [0.25, 0.3) is 0 Å². The molecule has 0 spiro atoms. The van der Waals surface area contributed by atoms with E-state index in [1.165, 1.54) is 18.5 Å². The molecule has 2 rings (SSSR count). The molecule has 1 aromatic rings. The fourth-order valence-electron chi connectivity index (χ4n) is 2.28. The summed E-state index contributed by atoms with van der Waals surface area (Å²) in [6, 6.07) is 8.23. The number of benzene rings is 1. The second-order valence-electron chi connectivity index (χ2n) is 4.52. The quantitative estimate of drug-likeness (QED) is 0.801. The van der Waals surface area contributed by atoms with E-state index in [1.807, 2.05) is 12.1 Å². The Balaban J connectivity index is 2.13. The van der Waals surface area contributed by atoms with Gasteiger partial charge in [0.05, 0.1) is 6.61 Å². The molecule has 15 heavy (non-hydrogen) atoms. The normalized spacial score (nSPS) is 21.7. The van der Waals surface area contributed by atoms with Gasteiger partial charge in [-0.05, 0) is 36.5 Å². The van der Waals surface area contributed by atoms with E-state index in [4.69, 9.17) is 5.11 Å². The second-order valence-corrected chi connectivity index (χ2v) is 4.52. The smallest absolute Gasteiger partial charge is 0.0682 e. The molecule has 1 atom stereocenters. The van der Waals surface area contributed by atoms with Crippen molar-refractivity contribution in [1.82, 2.24) is 0 Å². The molecule has 0 amide bonds. The van der Waals surface area contributed by atoms with Crippen LogP contribution in [0.5, 0.6) is 0 Å². The van der Waals surface area contributed by atoms with Crippen LogP contribution in [0.2, 0.25) is 0 Å².